The summed E-state index contributed by atoms with van der Waals surface area (Å²) in [6.07, 6.45) is 11.2. The predicted octanol–water partition coefficient (Wildman–Crippen LogP) is 5.31. The minimum absolute atomic E-state index is 0.0202. The fourth-order valence-corrected chi connectivity index (χ4v) is 8.41. The third-order valence-electron chi connectivity index (χ3n) is 10.3. The third kappa shape index (κ3) is 4.59. The average molecular weight is 611 g/mol. The number of aromatic nitrogens is 3. The van der Waals surface area contributed by atoms with E-state index in [1.54, 1.807) is 18.2 Å². The van der Waals surface area contributed by atoms with Crippen LogP contribution < -0.4 is 19.7 Å². The first-order valence-corrected chi connectivity index (χ1v) is 15.9. The van der Waals surface area contributed by atoms with Crippen molar-refractivity contribution in [1.82, 2.24) is 25.2 Å². The first-order valence-electron chi connectivity index (χ1n) is 15.9. The van der Waals surface area contributed by atoms with Gasteiger partial charge in [0.1, 0.15) is 34.8 Å². The summed E-state index contributed by atoms with van der Waals surface area (Å²) in [6.45, 7) is 6.29. The summed E-state index contributed by atoms with van der Waals surface area (Å²) in [5, 5.41) is 5.14. The van der Waals surface area contributed by atoms with E-state index in [1.807, 2.05) is 6.07 Å². The molecule has 0 amide bonds. The number of fused-ring (bicyclic) bond motifs is 5. The number of ether oxygens (including phenoxy) is 2. The second kappa shape index (κ2) is 10.8. The van der Waals surface area contributed by atoms with Crippen LogP contribution in [0.15, 0.2) is 30.3 Å². The lowest BCUT2D eigenvalue weighted by Gasteiger charge is -2.35. The maximum Gasteiger partial charge on any atom is 0.319 e. The van der Waals surface area contributed by atoms with Crippen LogP contribution in [0.4, 0.5) is 14.6 Å². The van der Waals surface area contributed by atoms with Crippen LogP contribution in [0.2, 0.25) is 0 Å². The molecule has 10 heteroatoms. The highest BCUT2D eigenvalue weighted by atomic mass is 19.1. The van der Waals surface area contributed by atoms with E-state index < -0.39 is 11.6 Å². The maximum absolute atomic E-state index is 17.0. The van der Waals surface area contributed by atoms with Crippen molar-refractivity contribution in [3.05, 3.63) is 47.5 Å². The minimum Gasteiger partial charge on any atom is -0.480 e. The third-order valence-corrected chi connectivity index (χ3v) is 10.3. The van der Waals surface area contributed by atoms with Crippen molar-refractivity contribution in [2.45, 2.75) is 56.7 Å². The van der Waals surface area contributed by atoms with Crippen molar-refractivity contribution in [3.8, 4) is 35.5 Å². The number of hydrogen-bond donors (Lipinski definition) is 1. The van der Waals surface area contributed by atoms with Gasteiger partial charge in [-0.15, -0.1) is 6.42 Å². The van der Waals surface area contributed by atoms with Gasteiger partial charge >= 0.3 is 6.01 Å². The number of benzene rings is 2. The number of nitrogens with zero attached hydrogens (tertiary/aromatic N) is 5. The van der Waals surface area contributed by atoms with Gasteiger partial charge in [0.15, 0.2) is 5.82 Å². The van der Waals surface area contributed by atoms with E-state index in [-0.39, 0.29) is 34.2 Å². The van der Waals surface area contributed by atoms with E-state index in [1.165, 1.54) is 13.2 Å². The lowest BCUT2D eigenvalue weighted by Crippen LogP contribution is -2.51. The monoisotopic (exact) mass is 610 g/mol. The van der Waals surface area contributed by atoms with Crippen LogP contribution in [0.3, 0.4) is 0 Å². The molecule has 0 saturated carbocycles. The van der Waals surface area contributed by atoms with E-state index in [9.17, 15) is 4.39 Å². The lowest BCUT2D eigenvalue weighted by molar-refractivity contribution is 0.107. The Bertz CT molecular complexity index is 1870. The molecule has 0 radical (unpaired) electrons. The SMILES string of the molecule is C#Cc1c(F)ccc2cccc(-c3nc(OC)c4c(N5C[C@H]6CC[C@@H](C5)N6)nc(OCC56CCCN5CC(C)C6)nc4c3F)c12. The molecule has 45 heavy (non-hydrogen) atoms. The molecule has 0 aliphatic carbocycles. The van der Waals surface area contributed by atoms with E-state index in [0.717, 1.165) is 58.3 Å². The molecule has 8 rings (SSSR count). The molecule has 4 atom stereocenters. The van der Waals surface area contributed by atoms with Crippen LogP contribution >= 0.6 is 0 Å². The zero-order valence-corrected chi connectivity index (χ0v) is 25.6. The zero-order chi connectivity index (χ0) is 30.9. The molecule has 2 bridgehead atoms. The number of methoxy groups -OCH3 is 1. The Morgan fingerprint density at radius 3 is 2.67 bits per heavy atom. The van der Waals surface area contributed by atoms with Crippen molar-refractivity contribution >= 4 is 27.5 Å². The summed E-state index contributed by atoms with van der Waals surface area (Å²) in [6, 6.07) is 9.02. The molecule has 0 spiro atoms. The van der Waals surface area contributed by atoms with Gasteiger partial charge in [0.2, 0.25) is 5.88 Å². The number of nitrogens with one attached hydrogen (secondary N) is 1. The fraction of sp³-hybridized carbons (Fsp3) is 0.457. The van der Waals surface area contributed by atoms with Crippen LogP contribution in [0.1, 0.15) is 44.6 Å². The first-order chi connectivity index (χ1) is 21.9. The number of anilines is 1. The van der Waals surface area contributed by atoms with Crippen molar-refractivity contribution in [1.29, 1.82) is 0 Å². The molecule has 8 nitrogen and oxygen atoms in total. The Morgan fingerprint density at radius 2 is 1.89 bits per heavy atom. The van der Waals surface area contributed by atoms with E-state index in [0.29, 0.717) is 52.1 Å². The first kappa shape index (κ1) is 28.4. The Kier molecular flexibility index (Phi) is 6.80. The number of terminal acetylenes is 1. The average Bonchev–Trinajstić information content (AvgIpc) is 3.70. The summed E-state index contributed by atoms with van der Waals surface area (Å²) in [5.41, 5.74) is 0.399. The van der Waals surface area contributed by atoms with Gasteiger partial charge in [-0.2, -0.15) is 9.97 Å². The smallest absolute Gasteiger partial charge is 0.319 e. The molecule has 6 heterocycles. The molecule has 4 aliphatic rings. The molecule has 232 valence electrons. The molecular weight excluding hydrogens is 574 g/mol. The number of halogens is 2. The van der Waals surface area contributed by atoms with Gasteiger partial charge in [0.05, 0.1) is 18.2 Å². The van der Waals surface area contributed by atoms with Crippen molar-refractivity contribution < 1.29 is 18.3 Å². The predicted molar refractivity (Wildman–Crippen MR) is 170 cm³/mol. The standard InChI is InChI=1S/C35H36F2N6O2/c1-4-24-26(36)12-9-21-7-5-8-25(27(21)24)30-29(37)31-28(33(39-30)44-3)32(42-17-22-10-11-23(18-42)38-22)41-34(40-31)45-19-35-13-6-14-43(35)16-20(2)15-35/h1,5,7-9,12,20,22-23,38H,6,10-11,13-19H2,2-3H3/t20?,22-,23+,35?. The van der Waals surface area contributed by atoms with Crippen LogP contribution in [0.5, 0.6) is 11.9 Å². The molecule has 2 aromatic heterocycles. The summed E-state index contributed by atoms with van der Waals surface area (Å²) in [4.78, 5) is 19.0. The summed E-state index contributed by atoms with van der Waals surface area (Å²) >= 11 is 0. The highest BCUT2D eigenvalue weighted by molar-refractivity contribution is 6.03. The number of pyridine rings is 1. The van der Waals surface area contributed by atoms with Crippen molar-refractivity contribution in [2.75, 3.05) is 44.8 Å². The van der Waals surface area contributed by atoms with Gasteiger partial charge in [-0.3, -0.25) is 4.90 Å². The maximum atomic E-state index is 17.0. The number of rotatable bonds is 6. The fourth-order valence-electron chi connectivity index (χ4n) is 8.41. The Labute approximate surface area is 261 Å². The summed E-state index contributed by atoms with van der Waals surface area (Å²) in [7, 11) is 1.50. The second-order valence-corrected chi connectivity index (χ2v) is 13.2. The van der Waals surface area contributed by atoms with Gasteiger partial charge in [0, 0.05) is 42.7 Å². The quantitative estimate of drug-likeness (QED) is 0.295. The largest absolute Gasteiger partial charge is 0.480 e. The summed E-state index contributed by atoms with van der Waals surface area (Å²) in [5.74, 6) is 2.57. The van der Waals surface area contributed by atoms with Crippen LogP contribution in [0, 0.1) is 29.9 Å². The van der Waals surface area contributed by atoms with Gasteiger partial charge in [0.25, 0.3) is 0 Å². The van der Waals surface area contributed by atoms with Gasteiger partial charge < -0.3 is 19.7 Å². The molecule has 4 aromatic rings. The van der Waals surface area contributed by atoms with Crippen LogP contribution in [-0.4, -0.2) is 77.4 Å². The number of piperazine rings is 1. The second-order valence-electron chi connectivity index (χ2n) is 13.2. The Morgan fingerprint density at radius 1 is 1.07 bits per heavy atom. The van der Waals surface area contributed by atoms with E-state index in [2.05, 4.69) is 32.9 Å². The van der Waals surface area contributed by atoms with Crippen LogP contribution in [-0.2, 0) is 0 Å². The molecule has 4 aliphatic heterocycles. The van der Waals surface area contributed by atoms with E-state index in [4.69, 9.17) is 25.9 Å². The zero-order valence-electron chi connectivity index (χ0n) is 25.6. The molecule has 4 fully saturated rings. The lowest BCUT2D eigenvalue weighted by atomic mass is 9.92. The number of hydrogen-bond acceptors (Lipinski definition) is 8. The van der Waals surface area contributed by atoms with Crippen LogP contribution in [0.25, 0.3) is 32.9 Å². The molecule has 2 unspecified atom stereocenters. The Balaban J connectivity index is 1.31. The van der Waals surface area contributed by atoms with Crippen molar-refractivity contribution in [3.63, 3.8) is 0 Å². The normalized spacial score (nSPS) is 26.0. The highest BCUT2D eigenvalue weighted by Gasteiger charge is 2.48. The van der Waals surface area contributed by atoms with Crippen molar-refractivity contribution in [2.24, 2.45) is 5.92 Å². The van der Waals surface area contributed by atoms with Gasteiger partial charge in [-0.05, 0) is 56.0 Å². The topological polar surface area (TPSA) is 75.6 Å². The highest BCUT2D eigenvalue weighted by Crippen LogP contribution is 2.44. The molecule has 2 aromatic carbocycles. The Hall–Kier alpha value is -4.07. The molecular formula is C35H36F2N6O2. The molecule has 1 N–H and O–H groups in total. The van der Waals surface area contributed by atoms with E-state index >= 15 is 4.39 Å². The summed E-state index contributed by atoms with van der Waals surface area (Å²) < 4.78 is 44.1. The van der Waals surface area contributed by atoms with Gasteiger partial charge in [-0.25, -0.2) is 13.8 Å². The minimum atomic E-state index is -0.660. The molecule has 4 saturated heterocycles. The van der Waals surface area contributed by atoms with Gasteiger partial charge in [-0.1, -0.05) is 37.1 Å².